The van der Waals surface area contributed by atoms with Gasteiger partial charge in [0, 0.05) is 26.2 Å². The Kier molecular flexibility index (Phi) is 8.69. The van der Waals surface area contributed by atoms with E-state index in [1.807, 2.05) is 13.8 Å². The number of sulfonamides is 2. The van der Waals surface area contributed by atoms with Crippen LogP contribution in [0.2, 0.25) is 0 Å². The minimum atomic E-state index is -3.73. The molecule has 0 saturated carbocycles. The van der Waals surface area contributed by atoms with E-state index in [0.717, 1.165) is 5.56 Å². The van der Waals surface area contributed by atoms with E-state index in [1.54, 1.807) is 24.3 Å². The average Bonchev–Trinajstić information content (AvgIpc) is 2.82. The maximum absolute atomic E-state index is 13.0. The molecule has 186 valence electrons. The minimum Gasteiger partial charge on any atom is -0.494 e. The maximum Gasteiger partial charge on any atom is 0.243 e. The number of amides is 1. The highest BCUT2D eigenvalue weighted by atomic mass is 32.2. The van der Waals surface area contributed by atoms with Crippen LogP contribution in [0.25, 0.3) is 0 Å². The molecule has 0 aliphatic carbocycles. The molecule has 1 heterocycles. The van der Waals surface area contributed by atoms with E-state index >= 15 is 0 Å². The first-order valence-corrected chi connectivity index (χ1v) is 14.1. The van der Waals surface area contributed by atoms with Crippen LogP contribution in [-0.2, 0) is 24.8 Å². The highest BCUT2D eigenvalue weighted by Gasteiger charge is 2.33. The molecule has 2 aromatic rings. The van der Waals surface area contributed by atoms with E-state index < -0.39 is 26.0 Å². The molecule has 2 aromatic carbocycles. The lowest BCUT2D eigenvalue weighted by molar-refractivity contribution is -0.126. The van der Waals surface area contributed by atoms with Crippen molar-refractivity contribution in [1.29, 1.82) is 0 Å². The first-order chi connectivity index (χ1) is 16.1. The molecule has 1 saturated heterocycles. The summed E-state index contributed by atoms with van der Waals surface area (Å²) in [5.74, 6) is -0.198. The lowest BCUT2D eigenvalue weighted by Gasteiger charge is -2.31. The van der Waals surface area contributed by atoms with Gasteiger partial charge in [-0.3, -0.25) is 4.79 Å². The molecule has 0 aromatic heterocycles. The lowest BCUT2D eigenvalue weighted by atomic mass is 9.99. The summed E-state index contributed by atoms with van der Waals surface area (Å²) in [4.78, 5) is 12.9. The zero-order chi connectivity index (χ0) is 24.8. The highest BCUT2D eigenvalue weighted by molar-refractivity contribution is 7.89. The monoisotopic (exact) mass is 509 g/mol. The SMILES string of the molecule is CCOc1ccc(S(=O)(=O)N2CCC[C@@H](C(=O)NCCNS(=O)(=O)c3ccc(C)cc3)C2)cc1. The van der Waals surface area contributed by atoms with Gasteiger partial charge < -0.3 is 10.1 Å². The second kappa shape index (κ2) is 11.3. The van der Waals surface area contributed by atoms with E-state index in [9.17, 15) is 21.6 Å². The topological polar surface area (TPSA) is 122 Å². The molecular weight excluding hydrogens is 478 g/mol. The molecule has 3 rings (SSSR count). The van der Waals surface area contributed by atoms with Crippen LogP contribution in [0.4, 0.5) is 0 Å². The molecule has 1 aliphatic heterocycles. The van der Waals surface area contributed by atoms with Crippen LogP contribution in [0.5, 0.6) is 5.75 Å². The summed E-state index contributed by atoms with van der Waals surface area (Å²) < 4.78 is 59.9. The van der Waals surface area contributed by atoms with Gasteiger partial charge in [0.25, 0.3) is 0 Å². The number of nitrogens with one attached hydrogen (secondary N) is 2. The quantitative estimate of drug-likeness (QED) is 0.472. The second-order valence-corrected chi connectivity index (χ2v) is 11.8. The molecule has 34 heavy (non-hydrogen) atoms. The first kappa shape index (κ1) is 26.1. The van der Waals surface area contributed by atoms with Gasteiger partial charge in [-0.1, -0.05) is 17.7 Å². The number of nitrogens with zero attached hydrogens (tertiary/aromatic N) is 1. The predicted molar refractivity (Wildman–Crippen MR) is 128 cm³/mol. The Hall–Kier alpha value is -2.47. The van der Waals surface area contributed by atoms with Gasteiger partial charge >= 0.3 is 0 Å². The van der Waals surface area contributed by atoms with Crippen molar-refractivity contribution in [3.8, 4) is 5.75 Å². The van der Waals surface area contributed by atoms with Crippen LogP contribution in [0.3, 0.4) is 0 Å². The van der Waals surface area contributed by atoms with Crippen LogP contribution in [0.1, 0.15) is 25.3 Å². The molecule has 0 radical (unpaired) electrons. The Bertz CT molecular complexity index is 1180. The van der Waals surface area contributed by atoms with Gasteiger partial charge in [-0.25, -0.2) is 21.6 Å². The molecule has 11 heteroatoms. The zero-order valence-electron chi connectivity index (χ0n) is 19.4. The maximum atomic E-state index is 13.0. The smallest absolute Gasteiger partial charge is 0.243 e. The number of rotatable bonds is 10. The summed E-state index contributed by atoms with van der Waals surface area (Å²) in [6.07, 6.45) is 1.13. The van der Waals surface area contributed by atoms with Gasteiger partial charge in [0.05, 0.1) is 22.3 Å². The van der Waals surface area contributed by atoms with Gasteiger partial charge in [0.15, 0.2) is 0 Å². The summed E-state index contributed by atoms with van der Waals surface area (Å²) >= 11 is 0. The van der Waals surface area contributed by atoms with Gasteiger partial charge in [-0.15, -0.1) is 0 Å². The average molecular weight is 510 g/mol. The Morgan fingerprint density at radius 3 is 2.29 bits per heavy atom. The first-order valence-electron chi connectivity index (χ1n) is 11.2. The van der Waals surface area contributed by atoms with E-state index in [0.29, 0.717) is 31.7 Å². The summed E-state index contributed by atoms with van der Waals surface area (Å²) in [6.45, 7) is 4.77. The molecule has 9 nitrogen and oxygen atoms in total. The third-order valence-electron chi connectivity index (χ3n) is 5.58. The molecular formula is C23H31N3O6S2. The summed E-state index contributed by atoms with van der Waals surface area (Å²) in [6, 6.07) is 12.7. The number of piperidine rings is 1. The molecule has 1 amide bonds. The molecule has 2 N–H and O–H groups in total. The Balaban J connectivity index is 1.52. The summed E-state index contributed by atoms with van der Waals surface area (Å²) in [5.41, 5.74) is 0.956. The van der Waals surface area contributed by atoms with Gasteiger partial charge in [-0.05, 0) is 63.1 Å². The van der Waals surface area contributed by atoms with Crippen molar-refractivity contribution in [2.45, 2.75) is 36.5 Å². The number of benzene rings is 2. The van der Waals surface area contributed by atoms with Gasteiger partial charge in [-0.2, -0.15) is 4.31 Å². The predicted octanol–water partition coefficient (Wildman–Crippen LogP) is 1.89. The van der Waals surface area contributed by atoms with Crippen molar-refractivity contribution in [2.24, 2.45) is 5.92 Å². The van der Waals surface area contributed by atoms with Crippen LogP contribution in [0, 0.1) is 12.8 Å². The van der Waals surface area contributed by atoms with Gasteiger partial charge in [0.2, 0.25) is 26.0 Å². The largest absolute Gasteiger partial charge is 0.494 e. The number of ether oxygens (including phenoxy) is 1. The Labute approximate surface area is 201 Å². The van der Waals surface area contributed by atoms with Crippen molar-refractivity contribution in [2.75, 3.05) is 32.8 Å². The van der Waals surface area contributed by atoms with Crippen molar-refractivity contribution < 1.29 is 26.4 Å². The van der Waals surface area contributed by atoms with E-state index in [-0.39, 0.29) is 35.3 Å². The third kappa shape index (κ3) is 6.56. The van der Waals surface area contributed by atoms with E-state index in [1.165, 1.54) is 28.6 Å². The van der Waals surface area contributed by atoms with Crippen LogP contribution in [0.15, 0.2) is 58.3 Å². The lowest BCUT2D eigenvalue weighted by Crippen LogP contribution is -2.46. The number of hydrogen-bond acceptors (Lipinski definition) is 6. The van der Waals surface area contributed by atoms with Crippen molar-refractivity contribution in [3.63, 3.8) is 0 Å². The normalized spacial score (nSPS) is 17.3. The molecule has 0 spiro atoms. The fourth-order valence-electron chi connectivity index (χ4n) is 3.71. The van der Waals surface area contributed by atoms with Gasteiger partial charge in [0.1, 0.15) is 5.75 Å². The standard InChI is InChI=1S/C23H31N3O6S2/c1-3-32-20-8-12-22(13-9-20)34(30,31)26-16-4-5-19(17-26)23(27)24-14-15-25-33(28,29)21-10-6-18(2)7-11-21/h6-13,19,25H,3-5,14-17H2,1-2H3,(H,24,27)/t19-/m1/s1. The zero-order valence-corrected chi connectivity index (χ0v) is 21.0. The third-order valence-corrected chi connectivity index (χ3v) is 8.93. The number of carbonyl (C=O) groups is 1. The number of hydrogen-bond donors (Lipinski definition) is 2. The molecule has 1 atom stereocenters. The molecule has 1 fully saturated rings. The van der Waals surface area contributed by atoms with E-state index in [2.05, 4.69) is 10.0 Å². The fraction of sp³-hybridized carbons (Fsp3) is 0.435. The second-order valence-electron chi connectivity index (χ2n) is 8.11. The van der Waals surface area contributed by atoms with Crippen molar-refractivity contribution in [1.82, 2.24) is 14.3 Å². The van der Waals surface area contributed by atoms with E-state index in [4.69, 9.17) is 4.74 Å². The number of carbonyl (C=O) groups excluding carboxylic acids is 1. The summed E-state index contributed by atoms with van der Waals surface area (Å²) in [5, 5.41) is 2.71. The minimum absolute atomic E-state index is 0.0306. The Morgan fingerprint density at radius 1 is 1.00 bits per heavy atom. The van der Waals surface area contributed by atoms with Crippen molar-refractivity contribution >= 4 is 26.0 Å². The molecule has 1 aliphatic rings. The molecule has 0 bridgehead atoms. The molecule has 0 unspecified atom stereocenters. The highest BCUT2D eigenvalue weighted by Crippen LogP contribution is 2.25. The fourth-order valence-corrected chi connectivity index (χ4v) is 6.27. The number of aryl methyl sites for hydroxylation is 1. The van der Waals surface area contributed by atoms with Crippen LogP contribution >= 0.6 is 0 Å². The summed E-state index contributed by atoms with van der Waals surface area (Å²) in [7, 11) is -7.40. The Morgan fingerprint density at radius 2 is 1.65 bits per heavy atom. The van der Waals surface area contributed by atoms with Crippen LogP contribution in [-0.4, -0.2) is 59.8 Å². The van der Waals surface area contributed by atoms with Crippen molar-refractivity contribution in [3.05, 3.63) is 54.1 Å². The van der Waals surface area contributed by atoms with Crippen LogP contribution < -0.4 is 14.8 Å².